The number of rotatable bonds is 4. The Morgan fingerprint density at radius 1 is 1.65 bits per heavy atom. The van der Waals surface area contributed by atoms with Crippen LogP contribution in [0.1, 0.15) is 16.8 Å². The lowest BCUT2D eigenvalue weighted by Crippen LogP contribution is -2.26. The van der Waals surface area contributed by atoms with Crippen LogP contribution < -0.4 is 10.2 Å². The molecule has 1 aliphatic heterocycles. The van der Waals surface area contributed by atoms with Crippen molar-refractivity contribution in [3.63, 3.8) is 0 Å². The van der Waals surface area contributed by atoms with Gasteiger partial charge in [-0.2, -0.15) is 0 Å². The van der Waals surface area contributed by atoms with Gasteiger partial charge in [0.15, 0.2) is 0 Å². The van der Waals surface area contributed by atoms with Crippen molar-refractivity contribution in [1.29, 1.82) is 0 Å². The maximum Gasteiger partial charge on any atom is 0.339 e. The first kappa shape index (κ1) is 14.3. The van der Waals surface area contributed by atoms with E-state index in [0.29, 0.717) is 24.5 Å². The van der Waals surface area contributed by atoms with E-state index in [1.54, 1.807) is 13.1 Å². The summed E-state index contributed by atoms with van der Waals surface area (Å²) in [6.45, 7) is 0.373. The molecule has 1 aromatic heterocycles. The minimum atomic E-state index is -0.508. The predicted octanol–water partition coefficient (Wildman–Crippen LogP) is 0.255. The summed E-state index contributed by atoms with van der Waals surface area (Å²) in [6, 6.07) is 1.57. The molecule has 0 aliphatic carbocycles. The van der Waals surface area contributed by atoms with Gasteiger partial charge in [0.05, 0.1) is 18.4 Å². The minimum absolute atomic E-state index is 0.0404. The fourth-order valence-electron chi connectivity index (χ4n) is 2.22. The van der Waals surface area contributed by atoms with Gasteiger partial charge in [-0.15, -0.1) is 0 Å². The number of nitrogens with one attached hydrogen (secondary N) is 1. The zero-order chi connectivity index (χ0) is 14.7. The number of ether oxygens (including phenoxy) is 1. The Labute approximate surface area is 116 Å². The molecule has 2 N–H and O–H groups in total. The van der Waals surface area contributed by atoms with Crippen LogP contribution in [0.2, 0.25) is 0 Å². The Balaban J connectivity index is 2.38. The quantitative estimate of drug-likeness (QED) is 0.768. The molecule has 0 spiro atoms. The molecular weight excluding hydrogens is 262 g/mol. The summed E-state index contributed by atoms with van der Waals surface area (Å²) in [7, 11) is 2.98. The zero-order valence-corrected chi connectivity index (χ0v) is 11.4. The molecular formula is C13H17N3O4. The third-order valence-electron chi connectivity index (χ3n) is 3.28. The number of hydrogen-bond donors (Lipinski definition) is 2. The number of methoxy groups -OCH3 is 1. The number of aromatic nitrogens is 1. The van der Waals surface area contributed by atoms with E-state index in [-0.39, 0.29) is 24.0 Å². The molecule has 1 fully saturated rings. The van der Waals surface area contributed by atoms with E-state index in [1.165, 1.54) is 18.2 Å². The molecule has 2 heterocycles. The average molecular weight is 279 g/mol. The van der Waals surface area contributed by atoms with Crippen LogP contribution in [0.4, 0.5) is 11.5 Å². The van der Waals surface area contributed by atoms with Gasteiger partial charge in [0.1, 0.15) is 5.82 Å². The number of nitrogens with zero attached hydrogens (tertiary/aromatic N) is 2. The van der Waals surface area contributed by atoms with Crippen molar-refractivity contribution in [3.8, 4) is 0 Å². The minimum Gasteiger partial charge on any atom is -0.465 e. The third-order valence-corrected chi connectivity index (χ3v) is 3.28. The average Bonchev–Trinajstić information content (AvgIpc) is 2.86. The first-order valence-electron chi connectivity index (χ1n) is 6.28. The lowest BCUT2D eigenvalue weighted by atomic mass is 10.1. The summed E-state index contributed by atoms with van der Waals surface area (Å²) in [6.07, 6.45) is 1.69. The van der Waals surface area contributed by atoms with Gasteiger partial charge >= 0.3 is 5.97 Å². The van der Waals surface area contributed by atoms with E-state index in [2.05, 4.69) is 15.0 Å². The van der Waals surface area contributed by atoms with Crippen molar-refractivity contribution >= 4 is 23.4 Å². The Bertz CT molecular complexity index is 532. The van der Waals surface area contributed by atoms with Crippen LogP contribution in [-0.2, 0) is 9.53 Å². The second-order valence-corrected chi connectivity index (χ2v) is 4.59. The van der Waals surface area contributed by atoms with Gasteiger partial charge < -0.3 is 20.1 Å². The molecule has 0 aromatic carbocycles. The smallest absolute Gasteiger partial charge is 0.339 e. The summed E-state index contributed by atoms with van der Waals surface area (Å²) in [5.74, 6) is -0.185. The molecule has 1 aromatic rings. The van der Waals surface area contributed by atoms with E-state index in [9.17, 15) is 14.7 Å². The van der Waals surface area contributed by atoms with Gasteiger partial charge in [0.2, 0.25) is 5.91 Å². The maximum absolute atomic E-state index is 12.0. The molecule has 1 unspecified atom stereocenters. The second kappa shape index (κ2) is 5.87. The molecule has 2 rings (SSSR count). The Morgan fingerprint density at radius 3 is 2.95 bits per heavy atom. The maximum atomic E-state index is 12.0. The molecule has 0 bridgehead atoms. The highest BCUT2D eigenvalue weighted by Crippen LogP contribution is 2.30. The molecule has 7 heteroatoms. The van der Waals surface area contributed by atoms with Crippen LogP contribution >= 0.6 is 0 Å². The highest BCUT2D eigenvalue weighted by molar-refractivity contribution is 6.00. The first-order valence-corrected chi connectivity index (χ1v) is 6.28. The van der Waals surface area contributed by atoms with Crippen molar-refractivity contribution < 1.29 is 19.4 Å². The summed E-state index contributed by atoms with van der Waals surface area (Å²) in [4.78, 5) is 29.2. The van der Waals surface area contributed by atoms with Crippen molar-refractivity contribution in [1.82, 2.24) is 4.98 Å². The Morgan fingerprint density at radius 2 is 2.40 bits per heavy atom. The number of esters is 1. The topological polar surface area (TPSA) is 91.8 Å². The van der Waals surface area contributed by atoms with Crippen molar-refractivity contribution in [2.24, 2.45) is 5.92 Å². The first-order chi connectivity index (χ1) is 9.60. The number of aliphatic hydroxyl groups is 1. The van der Waals surface area contributed by atoms with Gasteiger partial charge in [-0.3, -0.25) is 4.79 Å². The molecule has 1 atom stereocenters. The van der Waals surface area contributed by atoms with Crippen LogP contribution in [0.3, 0.4) is 0 Å². The molecule has 20 heavy (non-hydrogen) atoms. The fourth-order valence-corrected chi connectivity index (χ4v) is 2.22. The molecule has 1 aliphatic rings. The van der Waals surface area contributed by atoms with Gasteiger partial charge in [0, 0.05) is 38.7 Å². The normalized spacial score (nSPS) is 18.2. The number of aliphatic hydroxyl groups excluding tert-OH is 1. The number of carbonyl (C=O) groups is 2. The molecule has 1 saturated heterocycles. The largest absolute Gasteiger partial charge is 0.465 e. The summed E-state index contributed by atoms with van der Waals surface area (Å²) in [5.41, 5.74) is 0.804. The fraction of sp³-hybridized carbons (Fsp3) is 0.462. The third kappa shape index (κ3) is 2.57. The highest BCUT2D eigenvalue weighted by Gasteiger charge is 2.32. The Hall–Kier alpha value is -2.15. The summed E-state index contributed by atoms with van der Waals surface area (Å²) < 4.78 is 4.65. The van der Waals surface area contributed by atoms with Crippen LogP contribution in [0.5, 0.6) is 0 Å². The number of carbonyl (C=O) groups excluding carboxylic acids is 2. The SMILES string of the molecule is CNc1ncc(C(=O)OC)cc1N1CC(CO)CC1=O. The van der Waals surface area contributed by atoms with E-state index in [4.69, 9.17) is 0 Å². The van der Waals surface area contributed by atoms with Crippen LogP contribution in [-0.4, -0.2) is 49.3 Å². The van der Waals surface area contributed by atoms with E-state index >= 15 is 0 Å². The van der Waals surface area contributed by atoms with Crippen LogP contribution in [0.15, 0.2) is 12.3 Å². The number of anilines is 2. The summed E-state index contributed by atoms with van der Waals surface area (Å²) >= 11 is 0. The van der Waals surface area contributed by atoms with Gasteiger partial charge in [0.25, 0.3) is 0 Å². The zero-order valence-electron chi connectivity index (χ0n) is 11.4. The van der Waals surface area contributed by atoms with E-state index in [0.717, 1.165) is 0 Å². The standard InChI is InChI=1S/C13H17N3O4/c1-14-12-10(4-9(5-15-12)13(19)20-2)16-6-8(7-17)3-11(16)18/h4-5,8,17H,3,6-7H2,1-2H3,(H,14,15). The lowest BCUT2D eigenvalue weighted by molar-refractivity contribution is -0.117. The second-order valence-electron chi connectivity index (χ2n) is 4.59. The van der Waals surface area contributed by atoms with E-state index < -0.39 is 5.97 Å². The van der Waals surface area contributed by atoms with Gasteiger partial charge in [-0.05, 0) is 6.07 Å². The predicted molar refractivity (Wildman–Crippen MR) is 72.7 cm³/mol. The molecule has 7 nitrogen and oxygen atoms in total. The molecule has 1 amide bonds. The highest BCUT2D eigenvalue weighted by atomic mass is 16.5. The number of hydrogen-bond acceptors (Lipinski definition) is 6. The van der Waals surface area contributed by atoms with Crippen LogP contribution in [0, 0.1) is 5.92 Å². The van der Waals surface area contributed by atoms with Crippen molar-refractivity contribution in [2.75, 3.05) is 37.5 Å². The van der Waals surface area contributed by atoms with Gasteiger partial charge in [-0.1, -0.05) is 0 Å². The summed E-state index contributed by atoms with van der Waals surface area (Å²) in [5, 5.41) is 12.1. The lowest BCUT2D eigenvalue weighted by Gasteiger charge is -2.20. The molecule has 0 saturated carbocycles. The van der Waals surface area contributed by atoms with Gasteiger partial charge in [-0.25, -0.2) is 9.78 Å². The number of amides is 1. The molecule has 108 valence electrons. The van der Waals surface area contributed by atoms with Crippen molar-refractivity contribution in [3.05, 3.63) is 17.8 Å². The molecule has 0 radical (unpaired) electrons. The van der Waals surface area contributed by atoms with Crippen LogP contribution in [0.25, 0.3) is 0 Å². The Kier molecular flexibility index (Phi) is 4.19. The monoisotopic (exact) mass is 279 g/mol. The van der Waals surface area contributed by atoms with Crippen molar-refractivity contribution in [2.45, 2.75) is 6.42 Å². The van der Waals surface area contributed by atoms with E-state index in [1.807, 2.05) is 0 Å². The number of pyridine rings is 1.